The first-order valence-corrected chi connectivity index (χ1v) is 7.04. The fraction of sp³-hybridized carbons (Fsp3) is 0.267. The number of halogens is 3. The van der Waals surface area contributed by atoms with Crippen molar-refractivity contribution in [3.8, 4) is 0 Å². The minimum absolute atomic E-state index is 0.0729. The second-order valence-electron chi connectivity index (χ2n) is 4.75. The van der Waals surface area contributed by atoms with Crippen LogP contribution in [0.2, 0.25) is 0 Å². The standard InChI is InChI=1S/C15H15F3N4O2/c1-24-8-2-7-19-15(23)11-5-6-12(22-21-11)20-10-4-3-9(16)13(17)14(10)18/h3-6H,2,7-8H2,1H3,(H,19,23)(H,20,22). The molecule has 0 atom stereocenters. The van der Waals surface area contributed by atoms with E-state index in [4.69, 9.17) is 4.74 Å². The molecule has 1 heterocycles. The number of anilines is 2. The zero-order chi connectivity index (χ0) is 17.5. The summed E-state index contributed by atoms with van der Waals surface area (Å²) >= 11 is 0. The zero-order valence-corrected chi connectivity index (χ0v) is 12.8. The molecule has 2 N–H and O–H groups in total. The van der Waals surface area contributed by atoms with Gasteiger partial charge in [-0.05, 0) is 30.7 Å². The van der Waals surface area contributed by atoms with Crippen LogP contribution in [0.15, 0.2) is 24.3 Å². The van der Waals surface area contributed by atoms with Gasteiger partial charge in [0.2, 0.25) is 0 Å². The largest absolute Gasteiger partial charge is 0.385 e. The van der Waals surface area contributed by atoms with Gasteiger partial charge in [0.1, 0.15) is 0 Å². The van der Waals surface area contributed by atoms with E-state index >= 15 is 0 Å². The minimum Gasteiger partial charge on any atom is -0.385 e. The van der Waals surface area contributed by atoms with Crippen LogP contribution in [0.3, 0.4) is 0 Å². The van der Waals surface area contributed by atoms with E-state index in [1.807, 2.05) is 0 Å². The first-order chi connectivity index (χ1) is 11.5. The summed E-state index contributed by atoms with van der Waals surface area (Å²) in [4.78, 5) is 11.8. The van der Waals surface area contributed by atoms with Crippen LogP contribution in [0.4, 0.5) is 24.7 Å². The summed E-state index contributed by atoms with van der Waals surface area (Å²) in [5.41, 5.74) is -0.219. The van der Waals surface area contributed by atoms with E-state index < -0.39 is 23.4 Å². The Bertz CT molecular complexity index is 711. The van der Waals surface area contributed by atoms with E-state index in [0.717, 1.165) is 12.1 Å². The fourth-order valence-electron chi connectivity index (χ4n) is 1.79. The third-order valence-electron chi connectivity index (χ3n) is 3.01. The molecule has 9 heteroatoms. The van der Waals surface area contributed by atoms with Crippen molar-refractivity contribution in [1.82, 2.24) is 15.5 Å². The molecule has 0 aliphatic carbocycles. The molecule has 24 heavy (non-hydrogen) atoms. The number of hydrogen-bond acceptors (Lipinski definition) is 5. The van der Waals surface area contributed by atoms with Gasteiger partial charge in [-0.25, -0.2) is 13.2 Å². The molecule has 1 aromatic carbocycles. The van der Waals surface area contributed by atoms with E-state index in [2.05, 4.69) is 20.8 Å². The van der Waals surface area contributed by atoms with Crippen LogP contribution >= 0.6 is 0 Å². The van der Waals surface area contributed by atoms with Gasteiger partial charge >= 0.3 is 0 Å². The van der Waals surface area contributed by atoms with E-state index in [1.54, 1.807) is 7.11 Å². The zero-order valence-electron chi connectivity index (χ0n) is 12.8. The molecule has 0 radical (unpaired) electrons. The number of rotatable bonds is 7. The van der Waals surface area contributed by atoms with Gasteiger partial charge in [0.05, 0.1) is 5.69 Å². The monoisotopic (exact) mass is 340 g/mol. The number of carbonyl (C=O) groups is 1. The van der Waals surface area contributed by atoms with Crippen molar-refractivity contribution < 1.29 is 22.7 Å². The Labute approximate surface area is 136 Å². The molecule has 1 amide bonds. The highest BCUT2D eigenvalue weighted by Crippen LogP contribution is 2.22. The van der Waals surface area contributed by atoms with Gasteiger partial charge < -0.3 is 15.4 Å². The van der Waals surface area contributed by atoms with Crippen LogP contribution in [0.1, 0.15) is 16.9 Å². The number of hydrogen-bond donors (Lipinski definition) is 2. The van der Waals surface area contributed by atoms with Crippen LogP contribution in [0.5, 0.6) is 0 Å². The number of carbonyl (C=O) groups excluding carboxylic acids is 1. The molecule has 2 rings (SSSR count). The quantitative estimate of drug-likeness (QED) is 0.598. The predicted molar refractivity (Wildman–Crippen MR) is 80.5 cm³/mol. The molecule has 0 unspecified atom stereocenters. The first-order valence-electron chi connectivity index (χ1n) is 7.04. The Hall–Kier alpha value is -2.68. The normalized spacial score (nSPS) is 10.5. The topological polar surface area (TPSA) is 76.1 Å². The predicted octanol–water partition coefficient (Wildman–Crippen LogP) is 2.40. The molecular weight excluding hydrogens is 325 g/mol. The number of aromatic nitrogens is 2. The second-order valence-corrected chi connectivity index (χ2v) is 4.75. The van der Waals surface area contributed by atoms with Crippen molar-refractivity contribution >= 4 is 17.4 Å². The van der Waals surface area contributed by atoms with Crippen molar-refractivity contribution in [3.63, 3.8) is 0 Å². The summed E-state index contributed by atoms with van der Waals surface area (Å²) in [6.45, 7) is 0.947. The summed E-state index contributed by atoms with van der Waals surface area (Å²) in [5.74, 6) is -4.57. The lowest BCUT2D eigenvalue weighted by molar-refractivity contribution is 0.0942. The Balaban J connectivity index is 1.99. The number of benzene rings is 1. The van der Waals surface area contributed by atoms with Crippen molar-refractivity contribution in [1.29, 1.82) is 0 Å². The third-order valence-corrected chi connectivity index (χ3v) is 3.01. The van der Waals surface area contributed by atoms with E-state index in [1.165, 1.54) is 12.1 Å². The minimum atomic E-state index is -1.58. The lowest BCUT2D eigenvalue weighted by Gasteiger charge is -2.08. The Morgan fingerprint density at radius 2 is 1.92 bits per heavy atom. The molecule has 0 spiro atoms. The van der Waals surface area contributed by atoms with Crippen LogP contribution in [0.25, 0.3) is 0 Å². The van der Waals surface area contributed by atoms with Crippen molar-refractivity contribution in [2.45, 2.75) is 6.42 Å². The van der Waals surface area contributed by atoms with Gasteiger partial charge in [-0.1, -0.05) is 0 Å². The van der Waals surface area contributed by atoms with Gasteiger partial charge in [-0.15, -0.1) is 10.2 Å². The number of nitrogens with zero attached hydrogens (tertiary/aromatic N) is 2. The average Bonchev–Trinajstić information content (AvgIpc) is 2.59. The van der Waals surface area contributed by atoms with Gasteiger partial charge in [0.15, 0.2) is 29.0 Å². The molecule has 2 aromatic rings. The fourth-order valence-corrected chi connectivity index (χ4v) is 1.79. The number of ether oxygens (including phenoxy) is 1. The number of amides is 1. The second kappa shape index (κ2) is 8.25. The third kappa shape index (κ3) is 4.42. The lowest BCUT2D eigenvalue weighted by atomic mass is 10.2. The van der Waals surface area contributed by atoms with E-state index in [-0.39, 0.29) is 17.2 Å². The van der Waals surface area contributed by atoms with Crippen LogP contribution in [0, 0.1) is 17.5 Å². The highest BCUT2D eigenvalue weighted by Gasteiger charge is 2.14. The highest BCUT2D eigenvalue weighted by atomic mass is 19.2. The summed E-state index contributed by atoms with van der Waals surface area (Å²) < 4.78 is 44.4. The Morgan fingerprint density at radius 1 is 1.12 bits per heavy atom. The van der Waals surface area contributed by atoms with Crippen molar-refractivity contribution in [2.75, 3.05) is 25.6 Å². The molecule has 128 valence electrons. The van der Waals surface area contributed by atoms with E-state index in [9.17, 15) is 18.0 Å². The van der Waals surface area contributed by atoms with E-state index in [0.29, 0.717) is 19.6 Å². The molecule has 0 aliphatic heterocycles. The summed E-state index contributed by atoms with van der Waals surface area (Å²) in [7, 11) is 1.56. The Morgan fingerprint density at radius 3 is 2.58 bits per heavy atom. The molecule has 0 fully saturated rings. The maximum Gasteiger partial charge on any atom is 0.271 e. The van der Waals surface area contributed by atoms with Crippen molar-refractivity contribution in [3.05, 3.63) is 47.4 Å². The van der Waals surface area contributed by atoms with Gasteiger partial charge in [-0.3, -0.25) is 4.79 Å². The molecule has 0 bridgehead atoms. The highest BCUT2D eigenvalue weighted by molar-refractivity contribution is 5.92. The lowest BCUT2D eigenvalue weighted by Crippen LogP contribution is -2.26. The molecular formula is C15H15F3N4O2. The van der Waals surface area contributed by atoms with Crippen LogP contribution in [-0.4, -0.2) is 36.4 Å². The van der Waals surface area contributed by atoms with Gasteiger partial charge in [0, 0.05) is 20.3 Å². The molecule has 0 saturated heterocycles. The molecule has 1 aromatic heterocycles. The summed E-state index contributed by atoms with van der Waals surface area (Å²) in [6.07, 6.45) is 0.657. The molecule has 6 nitrogen and oxygen atoms in total. The molecule has 0 saturated carbocycles. The number of nitrogens with one attached hydrogen (secondary N) is 2. The van der Waals surface area contributed by atoms with Gasteiger partial charge in [-0.2, -0.15) is 0 Å². The SMILES string of the molecule is COCCCNC(=O)c1ccc(Nc2ccc(F)c(F)c2F)nn1. The molecule has 0 aliphatic rings. The average molecular weight is 340 g/mol. The van der Waals surface area contributed by atoms with Crippen LogP contribution < -0.4 is 10.6 Å². The van der Waals surface area contributed by atoms with Crippen molar-refractivity contribution in [2.24, 2.45) is 0 Å². The van der Waals surface area contributed by atoms with Gasteiger partial charge in [0.25, 0.3) is 5.91 Å². The maximum absolute atomic E-state index is 13.6. The summed E-state index contributed by atoms with van der Waals surface area (Å²) in [5, 5.41) is 12.5. The first kappa shape index (κ1) is 17.7. The van der Waals surface area contributed by atoms with Crippen LogP contribution in [-0.2, 0) is 4.74 Å². The smallest absolute Gasteiger partial charge is 0.271 e. The Kier molecular flexibility index (Phi) is 6.07. The number of methoxy groups -OCH3 is 1. The summed E-state index contributed by atoms with van der Waals surface area (Å²) in [6, 6.07) is 4.57. The maximum atomic E-state index is 13.6.